The van der Waals surface area contributed by atoms with Crippen molar-refractivity contribution in [2.24, 2.45) is 5.92 Å². The Morgan fingerprint density at radius 2 is 1.85 bits per heavy atom. The van der Waals surface area contributed by atoms with Crippen molar-refractivity contribution < 1.29 is 17.9 Å². The van der Waals surface area contributed by atoms with E-state index in [4.69, 9.17) is 4.74 Å². The third kappa shape index (κ3) is 7.48. The molecule has 10 heteroatoms. The third-order valence-electron chi connectivity index (χ3n) is 5.54. The number of piperidine rings is 1. The second-order valence-corrected chi connectivity index (χ2v) is 11.1. The Morgan fingerprint density at radius 1 is 1.18 bits per heavy atom. The lowest BCUT2D eigenvalue weighted by molar-refractivity contribution is 0.0168. The third-order valence-corrected chi connectivity index (χ3v) is 6.82. The number of sulfonamides is 1. The van der Waals surface area contributed by atoms with Gasteiger partial charge < -0.3 is 9.64 Å². The molecule has 0 spiro atoms. The van der Waals surface area contributed by atoms with Crippen LogP contribution in [0.5, 0.6) is 0 Å². The number of carbonyl (C=O) groups is 1. The lowest BCUT2D eigenvalue weighted by Crippen LogP contribution is -2.52. The van der Waals surface area contributed by atoms with E-state index in [9.17, 15) is 13.2 Å². The van der Waals surface area contributed by atoms with E-state index in [-0.39, 0.29) is 22.9 Å². The molecule has 1 unspecified atom stereocenters. The first-order valence-electron chi connectivity index (χ1n) is 11.1. The van der Waals surface area contributed by atoms with Crippen LogP contribution in [0.3, 0.4) is 0 Å². The van der Waals surface area contributed by atoms with Gasteiger partial charge in [-0.05, 0) is 64.7 Å². The smallest absolute Gasteiger partial charge is 0.410 e. The number of aromatic nitrogens is 2. The average Bonchev–Trinajstić information content (AvgIpc) is 2.76. The number of hydrazine groups is 1. The topological polar surface area (TPSA) is 114 Å². The Hall–Kier alpha value is -2.56. The minimum atomic E-state index is -3.73. The predicted molar refractivity (Wildman–Crippen MR) is 125 cm³/mol. The van der Waals surface area contributed by atoms with E-state index >= 15 is 0 Å². The summed E-state index contributed by atoms with van der Waals surface area (Å²) in [6.45, 7) is 8.54. The SMILES string of the molecule is Cc1ccc(S(=O)(=O)NNC(Cc2ccncn2)C2CCN(C(=O)OC(C)(C)C)CC2)cc1. The maximum absolute atomic E-state index is 12.8. The van der Waals surface area contributed by atoms with Crippen LogP contribution in [-0.2, 0) is 21.2 Å². The fourth-order valence-electron chi connectivity index (χ4n) is 3.74. The molecule has 1 atom stereocenters. The zero-order valence-corrected chi connectivity index (χ0v) is 20.4. The second-order valence-electron chi connectivity index (χ2n) is 9.38. The van der Waals surface area contributed by atoms with E-state index in [0.29, 0.717) is 32.4 Å². The Kier molecular flexibility index (Phi) is 8.04. The Bertz CT molecular complexity index is 1020. The molecular weight excluding hydrogens is 442 g/mol. The van der Waals surface area contributed by atoms with E-state index < -0.39 is 15.6 Å². The number of aryl methyl sites for hydroxylation is 1. The van der Waals surface area contributed by atoms with E-state index in [0.717, 1.165) is 11.3 Å². The van der Waals surface area contributed by atoms with Gasteiger partial charge in [-0.1, -0.05) is 17.7 Å². The van der Waals surface area contributed by atoms with Gasteiger partial charge >= 0.3 is 6.09 Å². The second kappa shape index (κ2) is 10.6. The van der Waals surface area contributed by atoms with Crippen LogP contribution < -0.4 is 10.3 Å². The van der Waals surface area contributed by atoms with E-state index in [2.05, 4.69) is 20.2 Å². The van der Waals surface area contributed by atoms with Crippen molar-refractivity contribution in [3.05, 3.63) is 54.1 Å². The summed E-state index contributed by atoms with van der Waals surface area (Å²) in [5, 5.41) is 0. The normalized spacial score (nSPS) is 16.4. The molecular formula is C23H33N5O4S. The number of rotatable bonds is 7. The highest BCUT2D eigenvalue weighted by molar-refractivity contribution is 7.89. The van der Waals surface area contributed by atoms with Crippen LogP contribution in [0.1, 0.15) is 44.9 Å². The van der Waals surface area contributed by atoms with Crippen molar-refractivity contribution >= 4 is 16.1 Å². The molecule has 180 valence electrons. The molecule has 1 saturated heterocycles. The molecule has 1 amide bonds. The number of carbonyl (C=O) groups excluding carboxylic acids is 1. The maximum Gasteiger partial charge on any atom is 0.410 e. The number of ether oxygens (including phenoxy) is 1. The lowest BCUT2D eigenvalue weighted by Gasteiger charge is -2.37. The molecule has 0 radical (unpaired) electrons. The van der Waals surface area contributed by atoms with Gasteiger partial charge in [-0.2, -0.15) is 0 Å². The zero-order valence-electron chi connectivity index (χ0n) is 19.6. The lowest BCUT2D eigenvalue weighted by atomic mass is 9.87. The van der Waals surface area contributed by atoms with Gasteiger partial charge in [0.2, 0.25) is 0 Å². The molecule has 1 aliphatic heterocycles. The highest BCUT2D eigenvalue weighted by Crippen LogP contribution is 2.24. The first kappa shape index (κ1) is 25.1. The van der Waals surface area contributed by atoms with Crippen molar-refractivity contribution in [2.45, 2.75) is 63.5 Å². The summed E-state index contributed by atoms with van der Waals surface area (Å²) in [6, 6.07) is 8.30. The number of nitrogens with one attached hydrogen (secondary N) is 2. The minimum Gasteiger partial charge on any atom is -0.444 e. The van der Waals surface area contributed by atoms with Gasteiger partial charge in [0.15, 0.2) is 0 Å². The molecule has 2 heterocycles. The van der Waals surface area contributed by atoms with Gasteiger partial charge in [0, 0.05) is 37.4 Å². The Balaban J connectivity index is 1.67. The summed E-state index contributed by atoms with van der Waals surface area (Å²) in [5.41, 5.74) is 4.30. The summed E-state index contributed by atoms with van der Waals surface area (Å²) in [7, 11) is -3.73. The van der Waals surface area contributed by atoms with Gasteiger partial charge in [-0.15, -0.1) is 4.83 Å². The van der Waals surface area contributed by atoms with Crippen molar-refractivity contribution in [1.29, 1.82) is 0 Å². The van der Waals surface area contributed by atoms with Gasteiger partial charge in [0.1, 0.15) is 11.9 Å². The van der Waals surface area contributed by atoms with Gasteiger partial charge in [0.25, 0.3) is 10.0 Å². The van der Waals surface area contributed by atoms with Crippen molar-refractivity contribution in [2.75, 3.05) is 13.1 Å². The number of hydrogen-bond donors (Lipinski definition) is 2. The monoisotopic (exact) mass is 475 g/mol. The van der Waals surface area contributed by atoms with Crippen molar-refractivity contribution in [3.8, 4) is 0 Å². The number of amides is 1. The largest absolute Gasteiger partial charge is 0.444 e. The molecule has 2 N–H and O–H groups in total. The first-order valence-corrected chi connectivity index (χ1v) is 12.6. The fourth-order valence-corrected chi connectivity index (χ4v) is 4.66. The quantitative estimate of drug-likeness (QED) is 0.592. The van der Waals surface area contributed by atoms with Gasteiger partial charge in [-0.25, -0.2) is 28.6 Å². The summed E-state index contributed by atoms with van der Waals surface area (Å²) in [5.74, 6) is 0.138. The highest BCUT2D eigenvalue weighted by Gasteiger charge is 2.31. The van der Waals surface area contributed by atoms with Crippen LogP contribution in [0, 0.1) is 12.8 Å². The summed E-state index contributed by atoms with van der Waals surface area (Å²) < 4.78 is 31.1. The van der Waals surface area contributed by atoms with Crippen LogP contribution in [0.2, 0.25) is 0 Å². The molecule has 0 bridgehead atoms. The number of nitrogens with zero attached hydrogens (tertiary/aromatic N) is 3. The maximum atomic E-state index is 12.8. The molecule has 1 aromatic carbocycles. The Morgan fingerprint density at radius 3 is 2.42 bits per heavy atom. The molecule has 9 nitrogen and oxygen atoms in total. The molecule has 0 aliphatic carbocycles. The predicted octanol–water partition coefficient (Wildman–Crippen LogP) is 2.83. The molecule has 2 aromatic rings. The van der Waals surface area contributed by atoms with Crippen molar-refractivity contribution in [1.82, 2.24) is 25.1 Å². The zero-order chi connectivity index (χ0) is 24.1. The van der Waals surface area contributed by atoms with Crippen LogP contribution >= 0.6 is 0 Å². The number of likely N-dealkylation sites (tertiary alicyclic amines) is 1. The van der Waals surface area contributed by atoms with Crippen LogP contribution in [0.15, 0.2) is 47.8 Å². The molecule has 3 rings (SSSR count). The molecule has 0 saturated carbocycles. The summed E-state index contributed by atoms with van der Waals surface area (Å²) in [4.78, 5) is 25.1. The van der Waals surface area contributed by atoms with E-state index in [1.165, 1.54) is 6.33 Å². The molecule has 33 heavy (non-hydrogen) atoms. The van der Waals surface area contributed by atoms with Gasteiger partial charge in [0.05, 0.1) is 4.90 Å². The molecule has 1 aromatic heterocycles. The Labute approximate surface area is 196 Å². The minimum absolute atomic E-state index is 0.138. The summed E-state index contributed by atoms with van der Waals surface area (Å²) >= 11 is 0. The van der Waals surface area contributed by atoms with Crippen LogP contribution in [-0.4, -0.2) is 54.1 Å². The van der Waals surface area contributed by atoms with Gasteiger partial charge in [-0.3, -0.25) is 0 Å². The van der Waals surface area contributed by atoms with Crippen LogP contribution in [0.4, 0.5) is 4.79 Å². The first-order chi connectivity index (χ1) is 15.5. The van der Waals surface area contributed by atoms with E-state index in [1.807, 2.05) is 33.8 Å². The fraction of sp³-hybridized carbons (Fsp3) is 0.522. The summed E-state index contributed by atoms with van der Waals surface area (Å²) in [6.07, 6.45) is 4.79. The molecule has 1 aliphatic rings. The number of hydrogen-bond acceptors (Lipinski definition) is 7. The highest BCUT2D eigenvalue weighted by atomic mass is 32.2. The van der Waals surface area contributed by atoms with Crippen LogP contribution in [0.25, 0.3) is 0 Å². The number of benzene rings is 1. The van der Waals surface area contributed by atoms with E-state index in [1.54, 1.807) is 35.4 Å². The average molecular weight is 476 g/mol. The van der Waals surface area contributed by atoms with Crippen molar-refractivity contribution in [3.63, 3.8) is 0 Å². The molecule has 1 fully saturated rings. The standard InChI is InChI=1S/C23H33N5O4S/c1-17-5-7-20(8-6-17)33(30,31)27-26-21(15-19-9-12-24-16-25-19)18-10-13-28(14-11-18)22(29)32-23(2,3)4/h5-9,12,16,18,21,26-27H,10-11,13-15H2,1-4H3.